The van der Waals surface area contributed by atoms with Crippen molar-refractivity contribution in [3.8, 4) is 0 Å². The second kappa shape index (κ2) is 6.16. The molecule has 19 heavy (non-hydrogen) atoms. The van der Waals surface area contributed by atoms with Crippen LogP contribution in [-0.2, 0) is 6.54 Å². The van der Waals surface area contributed by atoms with Crippen LogP contribution in [0, 0.1) is 5.82 Å². The van der Waals surface area contributed by atoms with Crippen molar-refractivity contribution in [3.63, 3.8) is 0 Å². The van der Waals surface area contributed by atoms with Gasteiger partial charge in [-0.2, -0.15) is 0 Å². The number of hydrogen-bond acceptors (Lipinski definition) is 3. The summed E-state index contributed by atoms with van der Waals surface area (Å²) in [4.78, 5) is 4.13. The number of hydrogen-bond donors (Lipinski definition) is 2. The summed E-state index contributed by atoms with van der Waals surface area (Å²) >= 11 is 3.17. The zero-order valence-electron chi connectivity index (χ0n) is 10.6. The van der Waals surface area contributed by atoms with E-state index < -0.39 is 0 Å². The monoisotopic (exact) mass is 326 g/mol. The molecule has 3 N–H and O–H groups in total. The van der Waals surface area contributed by atoms with E-state index in [0.717, 1.165) is 17.9 Å². The first-order valence-electron chi connectivity index (χ1n) is 6.07. The lowest BCUT2D eigenvalue weighted by Gasteiger charge is -2.19. The van der Waals surface area contributed by atoms with Crippen LogP contribution >= 0.6 is 15.9 Å². The predicted octanol–water partition coefficient (Wildman–Crippen LogP) is 2.92. The van der Waals surface area contributed by atoms with Gasteiger partial charge in [0, 0.05) is 18.8 Å². The fourth-order valence-corrected chi connectivity index (χ4v) is 2.30. The molecule has 1 aromatic heterocycles. The summed E-state index contributed by atoms with van der Waals surface area (Å²) in [5.74, 6) is -0.284. The first-order chi connectivity index (χ1) is 9.15. The molecule has 2 rings (SSSR count). The van der Waals surface area contributed by atoms with Crippen molar-refractivity contribution in [2.24, 2.45) is 5.73 Å². The normalized spacial score (nSPS) is 12.4. The van der Waals surface area contributed by atoms with Gasteiger partial charge in [0.25, 0.3) is 0 Å². The number of aryl methyl sites for hydroxylation is 1. The molecule has 0 amide bonds. The average molecular weight is 327 g/mol. The Morgan fingerprint density at radius 3 is 2.95 bits per heavy atom. The Balaban J connectivity index is 2.21. The number of halogens is 2. The second-order valence-electron chi connectivity index (χ2n) is 4.17. The Labute approximate surface area is 120 Å². The lowest BCUT2D eigenvalue weighted by molar-refractivity contribution is 0.620. The summed E-state index contributed by atoms with van der Waals surface area (Å²) in [5.41, 5.74) is 7.65. The van der Waals surface area contributed by atoms with Gasteiger partial charge in [-0.25, -0.2) is 9.37 Å². The fourth-order valence-electron chi connectivity index (χ4n) is 1.93. The maximum atomic E-state index is 13.2. The van der Waals surface area contributed by atoms with Crippen LogP contribution in [-0.4, -0.2) is 16.1 Å². The summed E-state index contributed by atoms with van der Waals surface area (Å²) in [6, 6.07) is 4.75. The Morgan fingerprint density at radius 2 is 2.32 bits per heavy atom. The van der Waals surface area contributed by atoms with Crippen molar-refractivity contribution in [2.45, 2.75) is 19.5 Å². The molecule has 2 aromatic rings. The molecule has 0 bridgehead atoms. The molecule has 0 aliphatic rings. The Morgan fingerprint density at radius 1 is 1.53 bits per heavy atom. The van der Waals surface area contributed by atoms with Crippen LogP contribution in [0.5, 0.6) is 0 Å². The quantitative estimate of drug-likeness (QED) is 0.888. The van der Waals surface area contributed by atoms with Gasteiger partial charge < -0.3 is 15.6 Å². The predicted molar refractivity (Wildman–Crippen MR) is 77.4 cm³/mol. The Hall–Kier alpha value is -1.40. The van der Waals surface area contributed by atoms with Crippen LogP contribution in [0.25, 0.3) is 0 Å². The highest BCUT2D eigenvalue weighted by atomic mass is 79.9. The summed E-state index contributed by atoms with van der Waals surface area (Å²) in [6.45, 7) is 3.31. The number of nitrogens with one attached hydrogen (secondary N) is 1. The number of imidazole rings is 1. The largest absolute Gasteiger partial charge is 0.375 e. The van der Waals surface area contributed by atoms with Gasteiger partial charge in [-0.15, -0.1) is 0 Å². The van der Waals surface area contributed by atoms with E-state index in [-0.39, 0.29) is 11.9 Å². The molecule has 1 heterocycles. The molecule has 6 heteroatoms. The average Bonchev–Trinajstić information content (AvgIpc) is 2.88. The minimum absolute atomic E-state index is 0.0557. The van der Waals surface area contributed by atoms with E-state index in [1.54, 1.807) is 24.7 Å². The van der Waals surface area contributed by atoms with Gasteiger partial charge in [0.15, 0.2) is 0 Å². The van der Waals surface area contributed by atoms with Gasteiger partial charge in [0.05, 0.1) is 28.7 Å². The SMILES string of the molecule is CCn1cncc1C(CN)Nc1ccc(F)c(Br)c1. The highest BCUT2D eigenvalue weighted by Gasteiger charge is 2.14. The molecule has 0 radical (unpaired) electrons. The maximum Gasteiger partial charge on any atom is 0.137 e. The zero-order valence-corrected chi connectivity index (χ0v) is 12.2. The topological polar surface area (TPSA) is 55.9 Å². The lowest BCUT2D eigenvalue weighted by Crippen LogP contribution is -2.23. The van der Waals surface area contributed by atoms with Gasteiger partial charge in [0.1, 0.15) is 5.82 Å². The van der Waals surface area contributed by atoms with Crippen molar-refractivity contribution in [1.82, 2.24) is 9.55 Å². The molecule has 1 atom stereocenters. The number of anilines is 1. The van der Waals surface area contributed by atoms with Crippen LogP contribution in [0.1, 0.15) is 18.7 Å². The summed E-state index contributed by atoms with van der Waals surface area (Å²) in [7, 11) is 0. The van der Waals surface area contributed by atoms with Crippen LogP contribution in [0.4, 0.5) is 10.1 Å². The minimum atomic E-state index is -0.284. The molecule has 0 aliphatic carbocycles. The molecule has 4 nitrogen and oxygen atoms in total. The number of nitrogens with two attached hydrogens (primary N) is 1. The van der Waals surface area contributed by atoms with E-state index in [9.17, 15) is 4.39 Å². The number of rotatable bonds is 5. The molecule has 1 aromatic carbocycles. The molecule has 0 saturated carbocycles. The van der Waals surface area contributed by atoms with Gasteiger partial charge >= 0.3 is 0 Å². The smallest absolute Gasteiger partial charge is 0.137 e. The third-order valence-electron chi connectivity index (χ3n) is 2.94. The standard InChI is InChI=1S/C13H16BrFN4/c1-2-19-8-17-7-13(19)12(6-16)18-9-3-4-11(15)10(14)5-9/h3-5,7-8,12,18H,2,6,16H2,1H3. The highest BCUT2D eigenvalue weighted by Crippen LogP contribution is 2.23. The third kappa shape index (κ3) is 3.13. The van der Waals surface area contributed by atoms with Gasteiger partial charge in [-0.1, -0.05) is 0 Å². The van der Waals surface area contributed by atoms with Crippen LogP contribution in [0.15, 0.2) is 35.2 Å². The highest BCUT2D eigenvalue weighted by molar-refractivity contribution is 9.10. The molecular weight excluding hydrogens is 311 g/mol. The van der Waals surface area contributed by atoms with Gasteiger partial charge in [-0.05, 0) is 41.1 Å². The van der Waals surface area contributed by atoms with E-state index in [4.69, 9.17) is 5.73 Å². The van der Waals surface area contributed by atoms with Crippen molar-refractivity contribution >= 4 is 21.6 Å². The van der Waals surface area contributed by atoms with E-state index in [2.05, 4.69) is 26.2 Å². The maximum absolute atomic E-state index is 13.2. The Kier molecular flexibility index (Phi) is 4.55. The minimum Gasteiger partial charge on any atom is -0.375 e. The molecule has 1 unspecified atom stereocenters. The fraction of sp³-hybridized carbons (Fsp3) is 0.308. The third-order valence-corrected chi connectivity index (χ3v) is 3.55. The van der Waals surface area contributed by atoms with Gasteiger partial charge in [-0.3, -0.25) is 0 Å². The first kappa shape index (κ1) is 14.0. The molecule has 0 spiro atoms. The van der Waals surface area contributed by atoms with Crippen molar-refractivity contribution in [2.75, 3.05) is 11.9 Å². The number of nitrogens with zero attached hydrogens (tertiary/aromatic N) is 2. The summed E-state index contributed by atoms with van der Waals surface area (Å²) < 4.78 is 15.7. The number of aromatic nitrogens is 2. The molecule has 0 aliphatic heterocycles. The summed E-state index contributed by atoms with van der Waals surface area (Å²) in [6.07, 6.45) is 3.58. The first-order valence-corrected chi connectivity index (χ1v) is 6.86. The van der Waals surface area contributed by atoms with E-state index in [1.165, 1.54) is 6.07 Å². The van der Waals surface area contributed by atoms with Gasteiger partial charge in [0.2, 0.25) is 0 Å². The van der Waals surface area contributed by atoms with Crippen molar-refractivity contribution < 1.29 is 4.39 Å². The van der Waals surface area contributed by atoms with E-state index in [0.29, 0.717) is 11.0 Å². The van der Waals surface area contributed by atoms with E-state index >= 15 is 0 Å². The molecular formula is C13H16BrFN4. The summed E-state index contributed by atoms with van der Waals surface area (Å²) in [5, 5.41) is 3.29. The second-order valence-corrected chi connectivity index (χ2v) is 5.02. The molecule has 0 fully saturated rings. The van der Waals surface area contributed by atoms with Crippen LogP contribution in [0.3, 0.4) is 0 Å². The van der Waals surface area contributed by atoms with Crippen molar-refractivity contribution in [1.29, 1.82) is 0 Å². The number of benzene rings is 1. The molecule has 102 valence electrons. The Bertz CT molecular complexity index is 555. The molecule has 0 saturated heterocycles. The van der Waals surface area contributed by atoms with Crippen LogP contribution < -0.4 is 11.1 Å². The van der Waals surface area contributed by atoms with E-state index in [1.807, 2.05) is 11.5 Å². The van der Waals surface area contributed by atoms with Crippen LogP contribution in [0.2, 0.25) is 0 Å². The van der Waals surface area contributed by atoms with Crippen molar-refractivity contribution in [3.05, 3.63) is 46.7 Å². The zero-order chi connectivity index (χ0) is 13.8. The lowest BCUT2D eigenvalue weighted by atomic mass is 10.2.